The highest BCUT2D eigenvalue weighted by Crippen LogP contribution is 2.38. The molecule has 0 aliphatic rings. The Morgan fingerprint density at radius 3 is 1.55 bits per heavy atom. The zero-order valence-electron chi connectivity index (χ0n) is 5.24. The first-order valence-electron chi connectivity index (χ1n) is 2.62. The monoisotopic (exact) mass is 229 g/mol. The van der Waals surface area contributed by atoms with E-state index in [9.17, 15) is 0 Å². The maximum atomic E-state index is 5.71. The number of halogens is 4. The first kappa shape index (κ1) is 9.27. The van der Waals surface area contributed by atoms with E-state index < -0.39 is 0 Å². The first-order chi connectivity index (χ1) is 5.09. The van der Waals surface area contributed by atoms with Crippen molar-refractivity contribution in [3.05, 3.63) is 26.9 Å². The van der Waals surface area contributed by atoms with Crippen molar-refractivity contribution in [3.63, 3.8) is 0 Å². The standard InChI is InChI=1S/C6H3Cl4N/c1-2-11-5(9)3(7)4(8)6(11)10/h2H,1H2. The van der Waals surface area contributed by atoms with Gasteiger partial charge in [0.1, 0.15) is 10.3 Å². The van der Waals surface area contributed by atoms with Gasteiger partial charge in [-0.3, -0.25) is 4.57 Å². The molecule has 0 aromatic carbocycles. The first-order valence-corrected chi connectivity index (χ1v) is 4.13. The topological polar surface area (TPSA) is 4.93 Å². The Morgan fingerprint density at radius 2 is 1.36 bits per heavy atom. The SMILES string of the molecule is C=Cn1c(Cl)c(Cl)c(Cl)c1Cl. The molecule has 0 fully saturated rings. The van der Waals surface area contributed by atoms with E-state index in [4.69, 9.17) is 46.4 Å². The van der Waals surface area contributed by atoms with Crippen molar-refractivity contribution >= 4 is 52.6 Å². The van der Waals surface area contributed by atoms with E-state index in [2.05, 4.69) is 6.58 Å². The van der Waals surface area contributed by atoms with Crippen molar-refractivity contribution in [1.82, 2.24) is 4.57 Å². The Kier molecular flexibility index (Phi) is 2.76. The minimum Gasteiger partial charge on any atom is -0.296 e. The zero-order valence-corrected chi connectivity index (χ0v) is 8.27. The van der Waals surface area contributed by atoms with Crippen molar-refractivity contribution in [3.8, 4) is 0 Å². The van der Waals surface area contributed by atoms with Crippen LogP contribution in [0.1, 0.15) is 0 Å². The Hall–Kier alpha value is 0.180. The lowest BCUT2D eigenvalue weighted by atomic mass is 10.7. The second-order valence-electron chi connectivity index (χ2n) is 1.76. The molecule has 60 valence electrons. The molecule has 0 saturated heterocycles. The minimum absolute atomic E-state index is 0.248. The van der Waals surface area contributed by atoms with Gasteiger partial charge in [0.05, 0.1) is 10.0 Å². The summed E-state index contributed by atoms with van der Waals surface area (Å²) in [6.45, 7) is 3.48. The van der Waals surface area contributed by atoms with Crippen LogP contribution in [0.15, 0.2) is 6.58 Å². The van der Waals surface area contributed by atoms with E-state index in [1.165, 1.54) is 10.8 Å². The summed E-state index contributed by atoms with van der Waals surface area (Å²) in [7, 11) is 0. The summed E-state index contributed by atoms with van der Waals surface area (Å²) in [5, 5.41) is 1.05. The Bertz CT molecular complexity index is 277. The minimum atomic E-state index is 0.248. The summed E-state index contributed by atoms with van der Waals surface area (Å²) < 4.78 is 1.40. The van der Waals surface area contributed by atoms with Crippen LogP contribution in [0.25, 0.3) is 6.20 Å². The van der Waals surface area contributed by atoms with Gasteiger partial charge in [0.15, 0.2) is 0 Å². The fraction of sp³-hybridized carbons (Fsp3) is 0. The van der Waals surface area contributed by atoms with Crippen LogP contribution in [-0.4, -0.2) is 4.57 Å². The molecule has 0 bridgehead atoms. The molecule has 1 nitrogen and oxygen atoms in total. The molecule has 0 aliphatic carbocycles. The maximum absolute atomic E-state index is 5.71. The molecule has 1 rings (SSSR count). The number of hydrogen-bond acceptors (Lipinski definition) is 0. The van der Waals surface area contributed by atoms with E-state index in [-0.39, 0.29) is 20.4 Å². The van der Waals surface area contributed by atoms with Crippen LogP contribution in [0.3, 0.4) is 0 Å². The number of hydrogen-bond donors (Lipinski definition) is 0. The molecule has 1 aromatic rings. The van der Waals surface area contributed by atoms with Crippen molar-refractivity contribution in [2.75, 3.05) is 0 Å². The normalized spacial score (nSPS) is 10.2. The second-order valence-corrected chi connectivity index (χ2v) is 3.23. The molecular weight excluding hydrogens is 228 g/mol. The lowest BCUT2D eigenvalue weighted by molar-refractivity contribution is 1.18. The summed E-state index contributed by atoms with van der Waals surface area (Å²) in [6.07, 6.45) is 1.43. The predicted octanol–water partition coefficient (Wildman–Crippen LogP) is 4.20. The molecule has 0 amide bonds. The maximum Gasteiger partial charge on any atom is 0.134 e. The molecule has 1 heterocycles. The van der Waals surface area contributed by atoms with E-state index in [1.807, 2.05) is 0 Å². The molecule has 0 radical (unpaired) electrons. The Morgan fingerprint density at radius 1 is 1.00 bits per heavy atom. The van der Waals surface area contributed by atoms with Gasteiger partial charge >= 0.3 is 0 Å². The molecule has 0 atom stereocenters. The molecule has 0 aliphatic heterocycles. The van der Waals surface area contributed by atoms with E-state index in [0.717, 1.165) is 0 Å². The highest BCUT2D eigenvalue weighted by atomic mass is 35.5. The van der Waals surface area contributed by atoms with Crippen LogP contribution in [0.4, 0.5) is 0 Å². The van der Waals surface area contributed by atoms with Crippen LogP contribution >= 0.6 is 46.4 Å². The third-order valence-corrected chi connectivity index (χ3v) is 2.93. The van der Waals surface area contributed by atoms with Gasteiger partial charge in [0.25, 0.3) is 0 Å². The average Bonchev–Trinajstić information content (AvgIpc) is 2.17. The van der Waals surface area contributed by atoms with Gasteiger partial charge in [-0.05, 0) is 0 Å². The van der Waals surface area contributed by atoms with Crippen molar-refractivity contribution in [2.45, 2.75) is 0 Å². The molecule has 0 saturated carbocycles. The van der Waals surface area contributed by atoms with Crippen LogP contribution in [0, 0.1) is 0 Å². The van der Waals surface area contributed by atoms with E-state index in [0.29, 0.717) is 0 Å². The highest BCUT2D eigenvalue weighted by Gasteiger charge is 2.15. The molecule has 0 spiro atoms. The van der Waals surface area contributed by atoms with Gasteiger partial charge in [0.2, 0.25) is 0 Å². The van der Waals surface area contributed by atoms with Crippen molar-refractivity contribution in [2.24, 2.45) is 0 Å². The fourth-order valence-electron chi connectivity index (χ4n) is 0.639. The van der Waals surface area contributed by atoms with E-state index in [1.54, 1.807) is 0 Å². The van der Waals surface area contributed by atoms with Gasteiger partial charge in [-0.2, -0.15) is 0 Å². The number of aromatic nitrogens is 1. The highest BCUT2D eigenvalue weighted by molar-refractivity contribution is 6.52. The molecular formula is C6H3Cl4N. The molecule has 1 aromatic heterocycles. The van der Waals surface area contributed by atoms with Gasteiger partial charge < -0.3 is 0 Å². The van der Waals surface area contributed by atoms with E-state index >= 15 is 0 Å². The fourth-order valence-corrected chi connectivity index (χ4v) is 1.64. The third-order valence-electron chi connectivity index (χ3n) is 1.16. The Balaban J connectivity index is 3.47. The van der Waals surface area contributed by atoms with Crippen molar-refractivity contribution in [1.29, 1.82) is 0 Å². The van der Waals surface area contributed by atoms with Gasteiger partial charge in [-0.25, -0.2) is 0 Å². The number of nitrogens with zero attached hydrogens (tertiary/aromatic N) is 1. The van der Waals surface area contributed by atoms with Gasteiger partial charge in [-0.15, -0.1) is 0 Å². The lowest BCUT2D eigenvalue weighted by Gasteiger charge is -1.95. The second kappa shape index (κ2) is 3.28. The largest absolute Gasteiger partial charge is 0.296 e. The van der Waals surface area contributed by atoms with Crippen molar-refractivity contribution < 1.29 is 0 Å². The Labute approximate surface area is 84.1 Å². The molecule has 5 heteroatoms. The van der Waals surface area contributed by atoms with Gasteiger partial charge in [0, 0.05) is 6.20 Å². The molecule has 11 heavy (non-hydrogen) atoms. The summed E-state index contributed by atoms with van der Waals surface area (Å²) in [5.74, 6) is 0. The molecule has 0 N–H and O–H groups in total. The molecule has 0 unspecified atom stereocenters. The van der Waals surface area contributed by atoms with Crippen LogP contribution < -0.4 is 0 Å². The predicted molar refractivity (Wildman–Crippen MR) is 50.9 cm³/mol. The zero-order chi connectivity index (χ0) is 8.59. The third kappa shape index (κ3) is 1.38. The van der Waals surface area contributed by atoms with Gasteiger partial charge in [-0.1, -0.05) is 53.0 Å². The van der Waals surface area contributed by atoms with Crippen LogP contribution in [-0.2, 0) is 0 Å². The summed E-state index contributed by atoms with van der Waals surface area (Å²) >= 11 is 22.8. The summed E-state index contributed by atoms with van der Waals surface area (Å²) in [4.78, 5) is 0. The van der Waals surface area contributed by atoms with Crippen LogP contribution in [0.5, 0.6) is 0 Å². The smallest absolute Gasteiger partial charge is 0.134 e. The average molecular weight is 231 g/mol. The van der Waals surface area contributed by atoms with Crippen LogP contribution in [0.2, 0.25) is 20.4 Å². The summed E-state index contributed by atoms with van der Waals surface area (Å²) in [6, 6.07) is 0. The quantitative estimate of drug-likeness (QED) is 0.682. The number of rotatable bonds is 1. The lowest BCUT2D eigenvalue weighted by Crippen LogP contribution is -1.82. The summed E-state index contributed by atoms with van der Waals surface area (Å²) in [5.41, 5.74) is 0.